The van der Waals surface area contributed by atoms with E-state index < -0.39 is 18.0 Å². The first-order valence-electron chi connectivity index (χ1n) is 5.87. The summed E-state index contributed by atoms with van der Waals surface area (Å²) in [5, 5.41) is 8.89. The molecule has 0 aromatic heterocycles. The molecule has 0 amide bonds. The molecule has 1 unspecified atom stereocenters. The van der Waals surface area contributed by atoms with E-state index in [1.807, 2.05) is 0 Å². The molecule has 0 aliphatic heterocycles. The van der Waals surface area contributed by atoms with Gasteiger partial charge in [0, 0.05) is 19.8 Å². The van der Waals surface area contributed by atoms with E-state index in [1.54, 1.807) is 38.1 Å². The first kappa shape index (κ1) is 14.8. The number of benzene rings is 1. The summed E-state index contributed by atoms with van der Waals surface area (Å²) in [6, 6.07) is 4.83. The number of aliphatic carboxylic acids is 1. The molecular weight excluding hydrogens is 248 g/mol. The molecule has 0 aliphatic rings. The van der Waals surface area contributed by atoms with Crippen LogP contribution in [0.25, 0.3) is 0 Å². The lowest BCUT2D eigenvalue weighted by Gasteiger charge is -2.18. The zero-order chi connectivity index (χ0) is 14.6. The standard InChI is InChI=1S/C13H18N2O4/c1-4-11(12(16)17)19-13(18)9-7-8(14)5-6-10(9)15(2)3/h5-7,11H,4,14H2,1-3H3,(H,16,17). The highest BCUT2D eigenvalue weighted by molar-refractivity contribution is 5.98. The zero-order valence-electron chi connectivity index (χ0n) is 11.2. The molecule has 0 spiro atoms. The first-order chi connectivity index (χ1) is 8.86. The van der Waals surface area contributed by atoms with Crippen molar-refractivity contribution in [1.29, 1.82) is 0 Å². The van der Waals surface area contributed by atoms with Gasteiger partial charge < -0.3 is 20.5 Å². The summed E-state index contributed by atoms with van der Waals surface area (Å²) in [6.07, 6.45) is -0.940. The number of nitrogens with two attached hydrogens (primary N) is 1. The van der Waals surface area contributed by atoms with Gasteiger partial charge in [0.15, 0.2) is 6.10 Å². The summed E-state index contributed by atoms with van der Waals surface area (Å²) in [7, 11) is 3.55. The summed E-state index contributed by atoms with van der Waals surface area (Å²) in [4.78, 5) is 24.6. The van der Waals surface area contributed by atoms with Crippen molar-refractivity contribution in [2.75, 3.05) is 24.7 Å². The number of hydrogen-bond donors (Lipinski definition) is 2. The normalized spacial score (nSPS) is 11.7. The fraction of sp³-hybridized carbons (Fsp3) is 0.385. The van der Waals surface area contributed by atoms with Gasteiger partial charge in [-0.2, -0.15) is 0 Å². The van der Waals surface area contributed by atoms with Crippen LogP contribution in [0.2, 0.25) is 0 Å². The van der Waals surface area contributed by atoms with Crippen LogP contribution in [0, 0.1) is 0 Å². The molecule has 1 atom stereocenters. The van der Waals surface area contributed by atoms with E-state index in [9.17, 15) is 9.59 Å². The van der Waals surface area contributed by atoms with E-state index >= 15 is 0 Å². The van der Waals surface area contributed by atoms with Gasteiger partial charge in [0.05, 0.1) is 11.3 Å². The molecule has 0 bridgehead atoms. The van der Waals surface area contributed by atoms with Crippen molar-refractivity contribution in [3.63, 3.8) is 0 Å². The number of esters is 1. The predicted molar refractivity (Wildman–Crippen MR) is 72.3 cm³/mol. The number of rotatable bonds is 5. The van der Waals surface area contributed by atoms with Crippen molar-refractivity contribution >= 4 is 23.3 Å². The Morgan fingerprint density at radius 1 is 1.42 bits per heavy atom. The summed E-state index contributed by atoms with van der Waals surface area (Å²) in [5.74, 6) is -1.85. The molecule has 0 aliphatic carbocycles. The third-order valence-corrected chi connectivity index (χ3v) is 2.62. The number of anilines is 2. The fourth-order valence-electron chi connectivity index (χ4n) is 1.61. The van der Waals surface area contributed by atoms with Gasteiger partial charge in [-0.25, -0.2) is 9.59 Å². The van der Waals surface area contributed by atoms with Crippen molar-refractivity contribution in [3.05, 3.63) is 23.8 Å². The Kier molecular flexibility index (Phi) is 4.74. The maximum absolute atomic E-state index is 12.0. The van der Waals surface area contributed by atoms with Crippen LogP contribution in [-0.4, -0.2) is 37.2 Å². The SMILES string of the molecule is CCC(OC(=O)c1cc(N)ccc1N(C)C)C(=O)O. The predicted octanol–water partition coefficient (Wildman–Crippen LogP) is 1.35. The van der Waals surface area contributed by atoms with Crippen LogP contribution in [0.3, 0.4) is 0 Å². The molecule has 1 rings (SSSR count). The monoisotopic (exact) mass is 266 g/mol. The first-order valence-corrected chi connectivity index (χ1v) is 5.87. The molecule has 0 radical (unpaired) electrons. The molecule has 19 heavy (non-hydrogen) atoms. The molecule has 3 N–H and O–H groups in total. The highest BCUT2D eigenvalue weighted by atomic mass is 16.6. The molecule has 1 aromatic carbocycles. The lowest BCUT2D eigenvalue weighted by Crippen LogP contribution is -2.27. The fourth-order valence-corrected chi connectivity index (χ4v) is 1.61. The minimum atomic E-state index is -1.16. The smallest absolute Gasteiger partial charge is 0.345 e. The number of ether oxygens (including phenoxy) is 1. The molecule has 104 valence electrons. The van der Waals surface area contributed by atoms with Gasteiger partial charge in [0.1, 0.15) is 0 Å². The largest absolute Gasteiger partial charge is 0.479 e. The van der Waals surface area contributed by atoms with Gasteiger partial charge in [-0.05, 0) is 24.6 Å². The second-order valence-corrected chi connectivity index (χ2v) is 4.31. The maximum atomic E-state index is 12.0. The lowest BCUT2D eigenvalue weighted by molar-refractivity contribution is -0.147. The second-order valence-electron chi connectivity index (χ2n) is 4.31. The van der Waals surface area contributed by atoms with Crippen LogP contribution < -0.4 is 10.6 Å². The quantitative estimate of drug-likeness (QED) is 0.617. The Labute approximate surface area is 111 Å². The van der Waals surface area contributed by atoms with Gasteiger partial charge in [0.2, 0.25) is 0 Å². The molecule has 0 saturated carbocycles. The minimum Gasteiger partial charge on any atom is -0.479 e. The summed E-state index contributed by atoms with van der Waals surface area (Å²) in [6.45, 7) is 1.64. The summed E-state index contributed by atoms with van der Waals surface area (Å²) >= 11 is 0. The molecule has 0 saturated heterocycles. The van der Waals surface area contributed by atoms with Crippen LogP contribution in [0.5, 0.6) is 0 Å². The topological polar surface area (TPSA) is 92.9 Å². The van der Waals surface area contributed by atoms with Crippen LogP contribution in [0.1, 0.15) is 23.7 Å². The number of carbonyl (C=O) groups excluding carboxylic acids is 1. The molecule has 6 heteroatoms. The number of nitrogens with zero attached hydrogens (tertiary/aromatic N) is 1. The zero-order valence-corrected chi connectivity index (χ0v) is 11.2. The van der Waals surface area contributed by atoms with E-state index in [-0.39, 0.29) is 12.0 Å². The van der Waals surface area contributed by atoms with Crippen molar-refractivity contribution in [2.24, 2.45) is 0 Å². The number of nitrogen functional groups attached to an aromatic ring is 1. The lowest BCUT2D eigenvalue weighted by atomic mass is 10.1. The maximum Gasteiger partial charge on any atom is 0.345 e. The minimum absolute atomic E-state index is 0.209. The van der Waals surface area contributed by atoms with Gasteiger partial charge in [-0.1, -0.05) is 6.92 Å². The van der Waals surface area contributed by atoms with E-state index in [0.29, 0.717) is 11.4 Å². The number of carbonyl (C=O) groups is 2. The van der Waals surface area contributed by atoms with Crippen molar-refractivity contribution in [2.45, 2.75) is 19.4 Å². The second kappa shape index (κ2) is 6.08. The Hall–Kier alpha value is -2.24. The van der Waals surface area contributed by atoms with E-state index in [4.69, 9.17) is 15.6 Å². The number of carboxylic acid groups (broad SMARTS) is 1. The average molecular weight is 266 g/mol. The molecule has 0 heterocycles. The summed E-state index contributed by atoms with van der Waals surface area (Å²) in [5.41, 5.74) is 6.94. The number of carboxylic acids is 1. The van der Waals surface area contributed by atoms with Crippen molar-refractivity contribution in [3.8, 4) is 0 Å². The molecule has 1 aromatic rings. The van der Waals surface area contributed by atoms with Gasteiger partial charge in [-0.3, -0.25) is 0 Å². The Bertz CT molecular complexity index is 486. The van der Waals surface area contributed by atoms with E-state index in [1.165, 1.54) is 6.07 Å². The van der Waals surface area contributed by atoms with Crippen molar-refractivity contribution in [1.82, 2.24) is 0 Å². The van der Waals surface area contributed by atoms with Gasteiger partial charge in [-0.15, -0.1) is 0 Å². The van der Waals surface area contributed by atoms with Crippen LogP contribution >= 0.6 is 0 Å². The third-order valence-electron chi connectivity index (χ3n) is 2.62. The third kappa shape index (κ3) is 3.61. The molecule has 6 nitrogen and oxygen atoms in total. The summed E-state index contributed by atoms with van der Waals surface area (Å²) < 4.78 is 4.97. The van der Waals surface area contributed by atoms with E-state index in [2.05, 4.69) is 0 Å². The Morgan fingerprint density at radius 2 is 2.05 bits per heavy atom. The highest BCUT2D eigenvalue weighted by Gasteiger charge is 2.23. The Morgan fingerprint density at radius 3 is 2.53 bits per heavy atom. The van der Waals surface area contributed by atoms with Crippen LogP contribution in [0.4, 0.5) is 11.4 Å². The number of hydrogen-bond acceptors (Lipinski definition) is 5. The van der Waals surface area contributed by atoms with Gasteiger partial charge in [0.25, 0.3) is 0 Å². The Balaban J connectivity index is 3.04. The average Bonchev–Trinajstić information content (AvgIpc) is 2.34. The molecule has 0 fully saturated rings. The van der Waals surface area contributed by atoms with Gasteiger partial charge >= 0.3 is 11.9 Å². The van der Waals surface area contributed by atoms with E-state index in [0.717, 1.165) is 0 Å². The van der Waals surface area contributed by atoms with Crippen LogP contribution in [-0.2, 0) is 9.53 Å². The van der Waals surface area contributed by atoms with Crippen molar-refractivity contribution < 1.29 is 19.4 Å². The molecular formula is C13H18N2O4. The highest BCUT2D eigenvalue weighted by Crippen LogP contribution is 2.23. The van der Waals surface area contributed by atoms with Crippen LogP contribution in [0.15, 0.2) is 18.2 Å².